The van der Waals surface area contributed by atoms with Crippen molar-refractivity contribution in [1.82, 2.24) is 9.78 Å². The molecule has 0 saturated heterocycles. The van der Waals surface area contributed by atoms with E-state index in [1.54, 1.807) is 7.11 Å². The average molecular weight is 323 g/mol. The number of methoxy groups -OCH3 is 1. The zero-order chi connectivity index (χ0) is 13.4. The maximum absolute atomic E-state index is 5.35. The fraction of sp³-hybridized carbons (Fsp3) is 0.533. The second-order valence-electron chi connectivity index (χ2n) is 5.33. The summed E-state index contributed by atoms with van der Waals surface area (Å²) in [7, 11) is 1.69. The van der Waals surface area contributed by atoms with Crippen LogP contribution < -0.4 is 4.74 Å². The highest BCUT2D eigenvalue weighted by Crippen LogP contribution is 2.35. The van der Waals surface area contributed by atoms with Gasteiger partial charge in [-0.05, 0) is 41.8 Å². The van der Waals surface area contributed by atoms with Gasteiger partial charge in [-0.15, -0.1) is 0 Å². The van der Waals surface area contributed by atoms with Gasteiger partial charge >= 0.3 is 0 Å². The van der Waals surface area contributed by atoms with Gasteiger partial charge in [0.2, 0.25) is 0 Å². The quantitative estimate of drug-likeness (QED) is 0.806. The minimum absolute atomic E-state index is 0.575. The van der Waals surface area contributed by atoms with E-state index in [-0.39, 0.29) is 0 Å². The van der Waals surface area contributed by atoms with Crippen LogP contribution >= 0.6 is 15.9 Å². The summed E-state index contributed by atoms with van der Waals surface area (Å²) in [5, 5.41) is 6.02. The molecule has 0 unspecified atom stereocenters. The van der Waals surface area contributed by atoms with Crippen LogP contribution in [0.5, 0.6) is 5.75 Å². The highest BCUT2D eigenvalue weighted by molar-refractivity contribution is 9.10. The molecule has 1 fully saturated rings. The molecule has 0 amide bonds. The molecule has 0 bridgehead atoms. The predicted octanol–water partition coefficient (Wildman–Crippen LogP) is 4.62. The topological polar surface area (TPSA) is 27.1 Å². The Balaban J connectivity index is 2.08. The van der Waals surface area contributed by atoms with E-state index < -0.39 is 0 Å². The Morgan fingerprint density at radius 2 is 2.00 bits per heavy atom. The minimum Gasteiger partial charge on any atom is -0.495 e. The molecule has 1 aromatic carbocycles. The first-order chi connectivity index (χ1) is 9.20. The molecular weight excluding hydrogens is 304 g/mol. The summed E-state index contributed by atoms with van der Waals surface area (Å²) in [5.74, 6) is 0.848. The van der Waals surface area contributed by atoms with Crippen molar-refractivity contribution in [3.63, 3.8) is 0 Å². The van der Waals surface area contributed by atoms with Gasteiger partial charge in [0.1, 0.15) is 5.75 Å². The smallest absolute Gasteiger partial charge is 0.135 e. The molecule has 1 aromatic heterocycles. The Morgan fingerprint density at radius 3 is 2.68 bits per heavy atom. The van der Waals surface area contributed by atoms with Crippen LogP contribution in [-0.2, 0) is 0 Å². The van der Waals surface area contributed by atoms with Gasteiger partial charge in [0.05, 0.1) is 23.1 Å². The van der Waals surface area contributed by atoms with E-state index in [0.717, 1.165) is 15.7 Å². The van der Waals surface area contributed by atoms with E-state index in [2.05, 4.69) is 33.6 Å². The first-order valence-electron chi connectivity index (χ1n) is 6.93. The van der Waals surface area contributed by atoms with Crippen molar-refractivity contribution in [2.24, 2.45) is 0 Å². The van der Waals surface area contributed by atoms with E-state index >= 15 is 0 Å². The summed E-state index contributed by atoms with van der Waals surface area (Å²) >= 11 is 3.55. The van der Waals surface area contributed by atoms with Crippen molar-refractivity contribution >= 4 is 26.8 Å². The standard InChI is InChI=1S/C15H19BrN2O/c1-10-12-8-13(16)15(19-2)9-14(12)17-18(10)11-6-4-3-5-7-11/h8-9,11H,3-7H2,1-2H3. The van der Waals surface area contributed by atoms with Crippen molar-refractivity contribution in [1.29, 1.82) is 0 Å². The van der Waals surface area contributed by atoms with Gasteiger partial charge in [-0.3, -0.25) is 4.68 Å². The number of nitrogens with zero attached hydrogens (tertiary/aromatic N) is 2. The lowest BCUT2D eigenvalue weighted by molar-refractivity contribution is 0.326. The van der Waals surface area contributed by atoms with E-state index in [9.17, 15) is 0 Å². The van der Waals surface area contributed by atoms with Crippen LogP contribution in [0.2, 0.25) is 0 Å². The number of fused-ring (bicyclic) bond motifs is 1. The molecule has 1 aliphatic carbocycles. The molecular formula is C15H19BrN2O. The SMILES string of the molecule is COc1cc2nn(C3CCCCC3)c(C)c2cc1Br. The number of ether oxygens (including phenoxy) is 1. The number of rotatable bonds is 2. The average Bonchev–Trinajstić information content (AvgIpc) is 2.76. The molecule has 1 saturated carbocycles. The summed E-state index contributed by atoms with van der Waals surface area (Å²) in [5.41, 5.74) is 2.30. The molecule has 0 spiro atoms. The van der Waals surface area contributed by atoms with Crippen molar-refractivity contribution in [3.8, 4) is 5.75 Å². The van der Waals surface area contributed by atoms with E-state index in [1.807, 2.05) is 6.07 Å². The highest BCUT2D eigenvalue weighted by atomic mass is 79.9. The third-order valence-corrected chi connectivity index (χ3v) is 4.76. The van der Waals surface area contributed by atoms with Gasteiger partial charge in [-0.2, -0.15) is 5.10 Å². The van der Waals surface area contributed by atoms with Gasteiger partial charge < -0.3 is 4.74 Å². The lowest BCUT2D eigenvalue weighted by Gasteiger charge is -2.23. The molecule has 0 aliphatic heterocycles. The number of hydrogen-bond acceptors (Lipinski definition) is 2. The lowest BCUT2D eigenvalue weighted by atomic mass is 9.95. The fourth-order valence-electron chi connectivity index (χ4n) is 3.07. The van der Waals surface area contributed by atoms with Crippen molar-refractivity contribution in [3.05, 3.63) is 22.3 Å². The Kier molecular flexibility index (Phi) is 3.52. The van der Waals surface area contributed by atoms with E-state index in [0.29, 0.717) is 6.04 Å². The van der Waals surface area contributed by atoms with Crippen molar-refractivity contribution in [2.75, 3.05) is 7.11 Å². The predicted molar refractivity (Wildman–Crippen MR) is 80.8 cm³/mol. The summed E-state index contributed by atoms with van der Waals surface area (Å²) in [6.45, 7) is 2.17. The van der Waals surface area contributed by atoms with Gasteiger partial charge in [0.15, 0.2) is 0 Å². The summed E-state index contributed by atoms with van der Waals surface area (Å²) in [4.78, 5) is 0. The first kappa shape index (κ1) is 13.0. The monoisotopic (exact) mass is 322 g/mol. The third-order valence-electron chi connectivity index (χ3n) is 4.14. The molecule has 102 valence electrons. The number of halogens is 1. The Hall–Kier alpha value is -1.03. The summed E-state index contributed by atoms with van der Waals surface area (Å²) in [6.07, 6.45) is 6.54. The summed E-state index contributed by atoms with van der Waals surface area (Å²) < 4.78 is 8.58. The first-order valence-corrected chi connectivity index (χ1v) is 7.72. The van der Waals surface area contributed by atoms with Crippen LogP contribution in [0.3, 0.4) is 0 Å². The van der Waals surface area contributed by atoms with Gasteiger partial charge in [-0.1, -0.05) is 19.3 Å². The lowest BCUT2D eigenvalue weighted by Crippen LogP contribution is -2.15. The zero-order valence-corrected chi connectivity index (χ0v) is 13.0. The molecule has 0 atom stereocenters. The molecule has 3 nitrogen and oxygen atoms in total. The Bertz CT molecular complexity index is 600. The fourth-order valence-corrected chi connectivity index (χ4v) is 3.57. The maximum Gasteiger partial charge on any atom is 0.135 e. The molecule has 19 heavy (non-hydrogen) atoms. The summed E-state index contributed by atoms with van der Waals surface area (Å²) in [6, 6.07) is 4.72. The molecule has 1 aliphatic rings. The normalized spacial score (nSPS) is 17.0. The zero-order valence-electron chi connectivity index (χ0n) is 11.4. The maximum atomic E-state index is 5.35. The molecule has 0 N–H and O–H groups in total. The minimum atomic E-state index is 0.575. The Morgan fingerprint density at radius 1 is 1.26 bits per heavy atom. The van der Waals surface area contributed by atoms with Crippen molar-refractivity contribution < 1.29 is 4.74 Å². The van der Waals surface area contributed by atoms with Crippen LogP contribution in [0.4, 0.5) is 0 Å². The molecule has 3 rings (SSSR count). The number of benzene rings is 1. The van der Waals surface area contributed by atoms with Gasteiger partial charge in [0, 0.05) is 17.1 Å². The second kappa shape index (κ2) is 5.16. The molecule has 2 aromatic rings. The molecule has 4 heteroatoms. The van der Waals surface area contributed by atoms with Crippen LogP contribution in [-0.4, -0.2) is 16.9 Å². The highest BCUT2D eigenvalue weighted by Gasteiger charge is 2.20. The third kappa shape index (κ3) is 2.27. The Labute approximate surface area is 122 Å². The second-order valence-corrected chi connectivity index (χ2v) is 6.18. The molecule has 1 heterocycles. The van der Waals surface area contributed by atoms with Gasteiger partial charge in [0.25, 0.3) is 0 Å². The van der Waals surface area contributed by atoms with Crippen LogP contribution in [0.15, 0.2) is 16.6 Å². The van der Waals surface area contributed by atoms with Crippen LogP contribution in [0.25, 0.3) is 10.9 Å². The van der Waals surface area contributed by atoms with Crippen LogP contribution in [0, 0.1) is 6.92 Å². The van der Waals surface area contributed by atoms with Crippen LogP contribution in [0.1, 0.15) is 43.8 Å². The van der Waals surface area contributed by atoms with Gasteiger partial charge in [-0.25, -0.2) is 0 Å². The number of aromatic nitrogens is 2. The van der Waals surface area contributed by atoms with E-state index in [4.69, 9.17) is 9.84 Å². The largest absolute Gasteiger partial charge is 0.495 e. The van der Waals surface area contributed by atoms with Crippen molar-refractivity contribution in [2.45, 2.75) is 45.1 Å². The molecule has 0 radical (unpaired) electrons. The number of aryl methyl sites for hydroxylation is 1. The van der Waals surface area contributed by atoms with E-state index in [1.165, 1.54) is 43.2 Å². The number of hydrogen-bond donors (Lipinski definition) is 0.